The van der Waals surface area contributed by atoms with Crippen molar-refractivity contribution in [1.29, 1.82) is 0 Å². The monoisotopic (exact) mass is 387 g/mol. The van der Waals surface area contributed by atoms with Gasteiger partial charge in [0.15, 0.2) is 0 Å². The highest BCUT2D eigenvalue weighted by Gasteiger charge is 2.15. The molecule has 0 amide bonds. The largest absolute Gasteiger partial charge is 0.494 e. The zero-order chi connectivity index (χ0) is 19.8. The summed E-state index contributed by atoms with van der Waals surface area (Å²) in [6, 6.07) is 14.8. The van der Waals surface area contributed by atoms with Crippen molar-refractivity contribution in [3.05, 3.63) is 59.7 Å². The van der Waals surface area contributed by atoms with Gasteiger partial charge in [0.05, 0.1) is 12.3 Å². The second kappa shape index (κ2) is 10.1. The molecule has 0 bridgehead atoms. The topological polar surface area (TPSA) is 80.1 Å². The van der Waals surface area contributed by atoms with E-state index in [1.165, 1.54) is 13.1 Å². The van der Waals surface area contributed by atoms with Crippen LogP contribution in [0.5, 0.6) is 11.5 Å². The molecule has 1 heterocycles. The highest BCUT2D eigenvalue weighted by molar-refractivity contribution is 6.12. The van der Waals surface area contributed by atoms with E-state index in [1.807, 2.05) is 36.4 Å². The highest BCUT2D eigenvalue weighted by atomic mass is 19.1. The van der Waals surface area contributed by atoms with Crippen LogP contribution in [0.4, 0.5) is 4.39 Å². The number of hydrogen-bond donors (Lipinski definition) is 2. The fourth-order valence-corrected chi connectivity index (χ4v) is 2.74. The Kier molecular flexibility index (Phi) is 7.22. The van der Waals surface area contributed by atoms with Crippen LogP contribution in [0.2, 0.25) is 0 Å². The van der Waals surface area contributed by atoms with Crippen LogP contribution in [0.1, 0.15) is 17.5 Å². The highest BCUT2D eigenvalue weighted by Crippen LogP contribution is 2.19. The van der Waals surface area contributed by atoms with Crippen molar-refractivity contribution in [2.45, 2.75) is 12.5 Å². The molecule has 6 nitrogen and oxygen atoms in total. The summed E-state index contributed by atoms with van der Waals surface area (Å²) in [5, 5.41) is 13.1. The minimum absolute atomic E-state index is 0.0901. The van der Waals surface area contributed by atoms with E-state index in [2.05, 4.69) is 10.0 Å². The molecule has 1 atom stereocenters. The number of rotatable bonds is 11. The van der Waals surface area contributed by atoms with Crippen LogP contribution in [0.15, 0.2) is 53.6 Å². The predicted octanol–water partition coefficient (Wildman–Crippen LogP) is 2.19. The molecule has 1 saturated heterocycles. The number of halogens is 1. The average molecular weight is 387 g/mol. The Bertz CT molecular complexity index is 761. The molecule has 1 unspecified atom stereocenters. The second-order valence-corrected chi connectivity index (χ2v) is 6.69. The number of alkyl halides is 1. The zero-order valence-electron chi connectivity index (χ0n) is 15.8. The van der Waals surface area contributed by atoms with Gasteiger partial charge in [-0.3, -0.25) is 0 Å². The molecule has 0 spiro atoms. The third-order valence-corrected chi connectivity index (χ3v) is 4.43. The lowest BCUT2D eigenvalue weighted by Gasteiger charge is -2.11. The van der Waals surface area contributed by atoms with E-state index >= 15 is 0 Å². The maximum absolute atomic E-state index is 12.3. The maximum atomic E-state index is 12.3. The molecule has 3 N–H and O–H groups in total. The van der Waals surface area contributed by atoms with Crippen molar-refractivity contribution < 1.29 is 19.0 Å². The molecule has 1 fully saturated rings. The van der Waals surface area contributed by atoms with Crippen molar-refractivity contribution in [1.82, 2.24) is 4.90 Å². The zero-order valence-corrected chi connectivity index (χ0v) is 15.8. The summed E-state index contributed by atoms with van der Waals surface area (Å²) in [4.78, 5) is 2.37. The van der Waals surface area contributed by atoms with Crippen LogP contribution >= 0.6 is 0 Å². The van der Waals surface area contributed by atoms with Gasteiger partial charge < -0.3 is 25.3 Å². The van der Waals surface area contributed by atoms with Gasteiger partial charge in [0, 0.05) is 30.8 Å². The van der Waals surface area contributed by atoms with Gasteiger partial charge in [-0.2, -0.15) is 5.10 Å². The Morgan fingerprint density at radius 1 is 1.04 bits per heavy atom. The number of ether oxygens (including phenoxy) is 2. The Labute approximate surface area is 164 Å². The third-order valence-electron chi connectivity index (χ3n) is 4.43. The summed E-state index contributed by atoms with van der Waals surface area (Å²) in [7, 11) is 0. The Morgan fingerprint density at radius 3 is 2.11 bits per heavy atom. The number of nitrogens with zero attached hydrogens (tertiary/aromatic N) is 2. The van der Waals surface area contributed by atoms with Gasteiger partial charge >= 0.3 is 0 Å². The molecular weight excluding hydrogens is 361 g/mol. The first-order valence-electron chi connectivity index (χ1n) is 9.40. The molecule has 2 aromatic carbocycles. The van der Waals surface area contributed by atoms with Crippen molar-refractivity contribution in [3.8, 4) is 11.5 Å². The van der Waals surface area contributed by atoms with E-state index in [9.17, 15) is 9.50 Å². The maximum Gasteiger partial charge on any atom is 0.119 e. The fourth-order valence-electron chi connectivity index (χ4n) is 2.74. The summed E-state index contributed by atoms with van der Waals surface area (Å²) in [5.41, 5.74) is 2.34. The molecular formula is C21H26FN3O3. The molecule has 0 radical (unpaired) electrons. The predicted molar refractivity (Wildman–Crippen MR) is 107 cm³/mol. The number of aliphatic hydroxyl groups excluding tert-OH is 1. The van der Waals surface area contributed by atoms with E-state index in [0.29, 0.717) is 18.1 Å². The number of hydrazone groups is 1. The normalized spacial score (nSPS) is 15.3. The van der Waals surface area contributed by atoms with Crippen molar-refractivity contribution >= 4 is 5.71 Å². The minimum Gasteiger partial charge on any atom is -0.494 e. The fraction of sp³-hybridized carbons (Fsp3) is 0.381. The van der Waals surface area contributed by atoms with E-state index in [4.69, 9.17) is 15.3 Å². The van der Waals surface area contributed by atoms with Gasteiger partial charge in [0.25, 0.3) is 0 Å². The van der Waals surface area contributed by atoms with Crippen LogP contribution < -0.4 is 15.3 Å². The Balaban J connectivity index is 1.56. The lowest BCUT2D eigenvalue weighted by molar-refractivity contribution is 0.0842. The van der Waals surface area contributed by atoms with Gasteiger partial charge in [0.1, 0.15) is 30.9 Å². The summed E-state index contributed by atoms with van der Waals surface area (Å²) < 4.78 is 23.4. The summed E-state index contributed by atoms with van der Waals surface area (Å²) >= 11 is 0. The first kappa shape index (κ1) is 20.1. The smallest absolute Gasteiger partial charge is 0.119 e. The lowest BCUT2D eigenvalue weighted by atomic mass is 10.0. The number of aliphatic hydroxyl groups is 1. The van der Waals surface area contributed by atoms with E-state index < -0.39 is 12.8 Å². The first-order chi connectivity index (χ1) is 13.7. The minimum atomic E-state index is -1.12. The van der Waals surface area contributed by atoms with Gasteiger partial charge in [-0.1, -0.05) is 0 Å². The third kappa shape index (κ3) is 5.94. The molecule has 1 aliphatic heterocycles. The number of nitrogens with two attached hydrogens (primary N) is 1. The number of hydrogen-bond acceptors (Lipinski definition) is 6. The summed E-state index contributed by atoms with van der Waals surface area (Å²) in [6.45, 7) is 3.29. The summed E-state index contributed by atoms with van der Waals surface area (Å²) in [6.07, 6.45) is -0.0959. The first-order valence-corrected chi connectivity index (χ1v) is 9.40. The van der Waals surface area contributed by atoms with E-state index in [1.54, 1.807) is 12.1 Å². The molecule has 0 saturated carbocycles. The van der Waals surface area contributed by atoms with E-state index in [0.717, 1.165) is 29.8 Å². The molecule has 7 heteroatoms. The van der Waals surface area contributed by atoms with Crippen LogP contribution in [-0.4, -0.2) is 61.3 Å². The summed E-state index contributed by atoms with van der Waals surface area (Å²) in [5.74, 6) is 6.97. The standard InChI is InChI=1S/C21H26FN3O3/c22-14-18(26)15-28-20-8-4-17(5-9-20)21(24-23)16-2-6-19(7-3-16)27-13-1-10-25-11-12-25/h2-9,18,26H,1,10-15,23H2/b24-21+. The van der Waals surface area contributed by atoms with Gasteiger partial charge in [0.2, 0.25) is 0 Å². The van der Waals surface area contributed by atoms with Gasteiger partial charge in [-0.15, -0.1) is 0 Å². The molecule has 28 heavy (non-hydrogen) atoms. The Hall–Kier alpha value is -2.64. The lowest BCUT2D eigenvalue weighted by Crippen LogP contribution is -2.19. The SMILES string of the molecule is N/N=C(\c1ccc(OCCCN2CC2)cc1)c1ccc(OCC(O)CF)cc1. The quantitative estimate of drug-likeness (QED) is 0.203. The molecule has 0 aromatic heterocycles. The van der Waals surface area contributed by atoms with Crippen molar-refractivity contribution in [2.24, 2.45) is 10.9 Å². The Morgan fingerprint density at radius 2 is 1.61 bits per heavy atom. The van der Waals surface area contributed by atoms with Crippen LogP contribution in [-0.2, 0) is 0 Å². The molecule has 2 aromatic rings. The van der Waals surface area contributed by atoms with Crippen molar-refractivity contribution in [2.75, 3.05) is 39.5 Å². The average Bonchev–Trinajstić information content (AvgIpc) is 3.56. The van der Waals surface area contributed by atoms with Crippen LogP contribution in [0.25, 0.3) is 0 Å². The van der Waals surface area contributed by atoms with Crippen molar-refractivity contribution in [3.63, 3.8) is 0 Å². The van der Waals surface area contributed by atoms with Crippen LogP contribution in [0, 0.1) is 0 Å². The second-order valence-electron chi connectivity index (χ2n) is 6.69. The molecule has 150 valence electrons. The van der Waals surface area contributed by atoms with Gasteiger partial charge in [-0.25, -0.2) is 4.39 Å². The van der Waals surface area contributed by atoms with E-state index in [-0.39, 0.29) is 6.61 Å². The molecule has 3 rings (SSSR count). The van der Waals surface area contributed by atoms with Gasteiger partial charge in [-0.05, 0) is 55.0 Å². The van der Waals surface area contributed by atoms with Crippen LogP contribution in [0.3, 0.4) is 0 Å². The molecule has 0 aliphatic carbocycles. The number of benzene rings is 2. The molecule has 1 aliphatic rings.